The van der Waals surface area contributed by atoms with Gasteiger partial charge >= 0.3 is 12.0 Å². The number of carbonyl (C=O) groups excluding carboxylic acids is 2. The minimum Gasteiger partial charge on any atom is -0.477 e. The predicted octanol–water partition coefficient (Wildman–Crippen LogP) is 1.04. The Morgan fingerprint density at radius 2 is 2.05 bits per heavy atom. The van der Waals surface area contributed by atoms with Crippen molar-refractivity contribution in [1.29, 1.82) is 0 Å². The maximum absolute atomic E-state index is 12.2. The van der Waals surface area contributed by atoms with Crippen molar-refractivity contribution >= 4 is 23.6 Å². The molecule has 0 aliphatic rings. The fourth-order valence-corrected chi connectivity index (χ4v) is 1.92. The topological polar surface area (TPSA) is 137 Å². The number of anilines is 1. The van der Waals surface area contributed by atoms with Crippen LogP contribution in [0.25, 0.3) is 0 Å². The third-order valence-electron chi connectivity index (χ3n) is 3.22. The van der Waals surface area contributed by atoms with Crippen LogP contribution in [-0.4, -0.2) is 34.0 Å². The van der Waals surface area contributed by atoms with Crippen molar-refractivity contribution in [1.82, 2.24) is 10.3 Å². The minimum atomic E-state index is -1.18. The van der Waals surface area contributed by atoms with Crippen molar-refractivity contribution in [3.63, 3.8) is 0 Å². The highest BCUT2D eigenvalue weighted by Gasteiger charge is 2.26. The van der Waals surface area contributed by atoms with Gasteiger partial charge in [-0.3, -0.25) is 4.79 Å². The third kappa shape index (κ3) is 4.23. The van der Waals surface area contributed by atoms with Crippen LogP contribution >= 0.6 is 0 Å². The lowest BCUT2D eigenvalue weighted by Crippen LogP contribution is -2.49. The van der Waals surface area contributed by atoms with Gasteiger partial charge in [0.1, 0.15) is 11.7 Å². The Balaban J connectivity index is 2.96. The number of hydrogen-bond acceptors (Lipinski definition) is 3. The number of hydrogen-bond donors (Lipinski definition) is 5. The van der Waals surface area contributed by atoms with Gasteiger partial charge < -0.3 is 26.5 Å². The highest BCUT2D eigenvalue weighted by Crippen LogP contribution is 2.18. The normalized spacial score (nSPS) is 13.3. The highest BCUT2D eigenvalue weighted by molar-refractivity contribution is 6.02. The SMILES string of the molecule is CCC(C)C(NC(N)=O)C(=O)Nc1cc(C)[nH]c1C(=O)O. The molecule has 3 amide bonds. The van der Waals surface area contributed by atoms with Gasteiger partial charge in [0, 0.05) is 5.69 Å². The summed E-state index contributed by atoms with van der Waals surface area (Å²) < 4.78 is 0. The summed E-state index contributed by atoms with van der Waals surface area (Å²) in [6.45, 7) is 5.34. The summed E-state index contributed by atoms with van der Waals surface area (Å²) in [5.74, 6) is -1.84. The lowest BCUT2D eigenvalue weighted by Gasteiger charge is -2.22. The number of aryl methyl sites for hydroxylation is 1. The Morgan fingerprint density at radius 3 is 2.52 bits per heavy atom. The molecule has 8 nitrogen and oxygen atoms in total. The van der Waals surface area contributed by atoms with Crippen molar-refractivity contribution in [2.24, 2.45) is 11.7 Å². The molecule has 21 heavy (non-hydrogen) atoms. The van der Waals surface area contributed by atoms with Crippen LogP contribution in [0, 0.1) is 12.8 Å². The summed E-state index contributed by atoms with van der Waals surface area (Å²) in [4.78, 5) is 37.0. The Hall–Kier alpha value is -2.51. The number of nitrogens with one attached hydrogen (secondary N) is 3. The number of primary amides is 1. The van der Waals surface area contributed by atoms with E-state index in [0.717, 1.165) is 0 Å². The number of aromatic nitrogens is 1. The Bertz CT molecular complexity index is 552. The molecule has 0 saturated heterocycles. The molecule has 0 aliphatic heterocycles. The average Bonchev–Trinajstić information content (AvgIpc) is 2.75. The van der Waals surface area contributed by atoms with E-state index in [1.165, 1.54) is 6.07 Å². The van der Waals surface area contributed by atoms with Gasteiger partial charge in [-0.25, -0.2) is 9.59 Å². The van der Waals surface area contributed by atoms with Gasteiger partial charge in [-0.15, -0.1) is 0 Å². The van der Waals surface area contributed by atoms with E-state index in [1.54, 1.807) is 13.8 Å². The Kier molecular flexibility index (Phi) is 5.34. The second kappa shape index (κ2) is 6.78. The van der Waals surface area contributed by atoms with Crippen molar-refractivity contribution in [3.05, 3.63) is 17.5 Å². The number of urea groups is 1. The van der Waals surface area contributed by atoms with E-state index in [2.05, 4.69) is 15.6 Å². The van der Waals surface area contributed by atoms with Crippen LogP contribution in [0.3, 0.4) is 0 Å². The van der Waals surface area contributed by atoms with Crippen LogP contribution in [0.4, 0.5) is 10.5 Å². The fraction of sp³-hybridized carbons (Fsp3) is 0.462. The lowest BCUT2D eigenvalue weighted by atomic mass is 9.98. The zero-order valence-corrected chi connectivity index (χ0v) is 12.2. The molecule has 1 aromatic heterocycles. The standard InChI is InChI=1S/C13H20N4O4/c1-4-6(2)9(17-13(14)21)11(18)16-8-5-7(3)15-10(8)12(19)20/h5-6,9,15H,4H2,1-3H3,(H,16,18)(H,19,20)(H3,14,17,21). The molecular formula is C13H20N4O4. The molecule has 0 saturated carbocycles. The molecular weight excluding hydrogens is 276 g/mol. The van der Waals surface area contributed by atoms with Gasteiger partial charge in [-0.1, -0.05) is 20.3 Å². The first-order chi connectivity index (χ1) is 9.76. The quantitative estimate of drug-likeness (QED) is 0.535. The predicted molar refractivity (Wildman–Crippen MR) is 77.1 cm³/mol. The number of carboxylic acid groups (broad SMARTS) is 1. The van der Waals surface area contributed by atoms with E-state index in [9.17, 15) is 14.4 Å². The number of aromatic amines is 1. The second-order valence-corrected chi connectivity index (χ2v) is 4.91. The summed E-state index contributed by atoms with van der Waals surface area (Å²) in [6.07, 6.45) is 0.649. The van der Waals surface area contributed by atoms with Gasteiger partial charge in [-0.05, 0) is 18.9 Å². The molecule has 6 N–H and O–H groups in total. The van der Waals surface area contributed by atoms with Crippen LogP contribution in [0.1, 0.15) is 36.5 Å². The molecule has 2 unspecified atom stereocenters. The molecule has 0 radical (unpaired) electrons. The maximum atomic E-state index is 12.2. The number of carboxylic acids is 1. The number of rotatable bonds is 6. The zero-order chi connectivity index (χ0) is 16.2. The Labute approximate surface area is 122 Å². The first-order valence-electron chi connectivity index (χ1n) is 6.56. The van der Waals surface area contributed by atoms with Crippen LogP contribution < -0.4 is 16.4 Å². The molecule has 0 spiro atoms. The van der Waals surface area contributed by atoms with E-state index < -0.39 is 23.9 Å². The molecule has 0 fully saturated rings. The molecule has 1 aromatic rings. The fourth-order valence-electron chi connectivity index (χ4n) is 1.92. The van der Waals surface area contributed by atoms with Crippen molar-refractivity contribution in [2.75, 3.05) is 5.32 Å². The zero-order valence-electron chi connectivity index (χ0n) is 12.2. The molecule has 1 rings (SSSR count). The molecule has 1 heterocycles. The summed E-state index contributed by atoms with van der Waals surface area (Å²) in [7, 11) is 0. The van der Waals surface area contributed by atoms with Crippen LogP contribution in [0.2, 0.25) is 0 Å². The van der Waals surface area contributed by atoms with Gasteiger partial charge in [0.25, 0.3) is 0 Å². The molecule has 0 aliphatic carbocycles. The molecule has 116 valence electrons. The number of nitrogens with two attached hydrogens (primary N) is 1. The van der Waals surface area contributed by atoms with Crippen LogP contribution in [0.5, 0.6) is 0 Å². The Morgan fingerprint density at radius 1 is 1.43 bits per heavy atom. The van der Waals surface area contributed by atoms with Gasteiger partial charge in [0.05, 0.1) is 5.69 Å². The van der Waals surface area contributed by atoms with E-state index in [1.807, 2.05) is 6.92 Å². The van der Waals surface area contributed by atoms with Crippen molar-refractivity contribution < 1.29 is 19.5 Å². The monoisotopic (exact) mass is 296 g/mol. The summed E-state index contributed by atoms with van der Waals surface area (Å²) in [5, 5.41) is 13.9. The van der Waals surface area contributed by atoms with Gasteiger partial charge in [-0.2, -0.15) is 0 Å². The van der Waals surface area contributed by atoms with Crippen LogP contribution in [-0.2, 0) is 4.79 Å². The average molecular weight is 296 g/mol. The van der Waals surface area contributed by atoms with Crippen molar-refractivity contribution in [2.45, 2.75) is 33.2 Å². The first-order valence-corrected chi connectivity index (χ1v) is 6.56. The maximum Gasteiger partial charge on any atom is 0.354 e. The third-order valence-corrected chi connectivity index (χ3v) is 3.22. The summed E-state index contributed by atoms with van der Waals surface area (Å²) in [6, 6.07) is -0.122. The molecule has 8 heteroatoms. The van der Waals surface area contributed by atoms with Crippen molar-refractivity contribution in [3.8, 4) is 0 Å². The smallest absolute Gasteiger partial charge is 0.354 e. The summed E-state index contributed by atoms with van der Waals surface area (Å²) >= 11 is 0. The van der Waals surface area contributed by atoms with E-state index in [0.29, 0.717) is 12.1 Å². The lowest BCUT2D eigenvalue weighted by molar-refractivity contribution is -0.119. The molecule has 0 bridgehead atoms. The highest BCUT2D eigenvalue weighted by atomic mass is 16.4. The summed E-state index contributed by atoms with van der Waals surface area (Å²) in [5.41, 5.74) is 5.72. The van der Waals surface area contributed by atoms with E-state index in [-0.39, 0.29) is 17.3 Å². The minimum absolute atomic E-state index is 0.108. The number of H-pyrrole nitrogens is 1. The number of amides is 3. The van der Waals surface area contributed by atoms with Crippen LogP contribution in [0.15, 0.2) is 6.07 Å². The number of aromatic carboxylic acids is 1. The molecule has 2 atom stereocenters. The van der Waals surface area contributed by atoms with Gasteiger partial charge in [0.15, 0.2) is 0 Å². The molecule has 0 aromatic carbocycles. The largest absolute Gasteiger partial charge is 0.477 e. The van der Waals surface area contributed by atoms with E-state index >= 15 is 0 Å². The van der Waals surface area contributed by atoms with Gasteiger partial charge in [0.2, 0.25) is 5.91 Å². The second-order valence-electron chi connectivity index (χ2n) is 4.91. The number of carbonyl (C=O) groups is 3. The van der Waals surface area contributed by atoms with E-state index in [4.69, 9.17) is 10.8 Å². The first kappa shape index (κ1) is 16.5.